The Morgan fingerprint density at radius 3 is 2.44 bits per heavy atom. The van der Waals surface area contributed by atoms with Gasteiger partial charge in [-0.05, 0) is 29.8 Å². The summed E-state index contributed by atoms with van der Waals surface area (Å²) in [5, 5.41) is 15.6. The number of anilines is 1. The predicted molar refractivity (Wildman–Crippen MR) is 144 cm³/mol. The Kier molecular flexibility index (Phi) is 8.25. The van der Waals surface area contributed by atoms with E-state index < -0.39 is 35.4 Å². The number of thiazole rings is 1. The van der Waals surface area contributed by atoms with Gasteiger partial charge in [0.25, 0.3) is 0 Å². The third-order valence-electron chi connectivity index (χ3n) is 6.07. The lowest BCUT2D eigenvalue weighted by molar-refractivity contribution is -0.142. The maximum atomic E-state index is 13.6. The summed E-state index contributed by atoms with van der Waals surface area (Å²) >= 11 is 1.08. The van der Waals surface area contributed by atoms with Crippen LogP contribution in [0.2, 0.25) is 0 Å². The molecule has 0 aliphatic carbocycles. The number of hydrogen-bond acceptors (Lipinski definition) is 9. The first-order valence-electron chi connectivity index (χ1n) is 11.9. The molecule has 4 rings (SSSR count). The molecule has 2 atom stereocenters. The Hall–Kier alpha value is -4.71. The van der Waals surface area contributed by atoms with Crippen molar-refractivity contribution in [3.8, 4) is 22.9 Å². The summed E-state index contributed by atoms with van der Waals surface area (Å²) in [7, 11) is 1.26. The van der Waals surface area contributed by atoms with Gasteiger partial charge in [-0.25, -0.2) is 19.1 Å². The van der Waals surface area contributed by atoms with Gasteiger partial charge in [0.15, 0.2) is 17.5 Å². The molecule has 4 aromatic rings. The first-order chi connectivity index (χ1) is 18.7. The van der Waals surface area contributed by atoms with Crippen molar-refractivity contribution >= 4 is 34.1 Å². The monoisotopic (exact) mass is 550 g/mol. The lowest BCUT2D eigenvalue weighted by Gasteiger charge is -2.24. The van der Waals surface area contributed by atoms with E-state index in [1.54, 1.807) is 31.2 Å². The fourth-order valence-electron chi connectivity index (χ4n) is 4.00. The topological polar surface area (TPSA) is 153 Å². The zero-order valence-corrected chi connectivity index (χ0v) is 22.2. The van der Waals surface area contributed by atoms with Crippen LogP contribution in [-0.4, -0.2) is 51.0 Å². The molecule has 2 aromatic heterocycles. The van der Waals surface area contributed by atoms with Crippen LogP contribution in [0.4, 0.5) is 5.13 Å². The molecule has 0 bridgehead atoms. The normalized spacial score (nSPS) is 12.4. The molecule has 0 saturated carbocycles. The van der Waals surface area contributed by atoms with E-state index in [0.717, 1.165) is 21.5 Å². The Labute approximate surface area is 227 Å². The number of benzene rings is 2. The Balaban J connectivity index is 1.69. The maximum absolute atomic E-state index is 13.6. The molecule has 39 heavy (non-hydrogen) atoms. The molecular weight excluding hydrogens is 524 g/mol. The standard InChI is InChI=1S/C27H26N4O7S/c1-15(17-7-5-4-6-8-17)23(24(34)30-26-28-20(14-39-26)16(2)32)31-25(35)22(29-27(31)36)18-9-11-19(12-10-18)38-13-21(33)37-3/h4-12,14-15,23,35H,13H2,1-3H3,(H,29,36)(H,28,30,34)/t15-,23-/m0/s1. The number of rotatable bonds is 10. The molecule has 1 amide bonds. The Bertz CT molecular complexity index is 1540. The summed E-state index contributed by atoms with van der Waals surface area (Å²) in [5.41, 5.74) is 0.838. The van der Waals surface area contributed by atoms with Gasteiger partial charge in [-0.2, -0.15) is 0 Å². The second kappa shape index (κ2) is 11.8. The number of carbonyl (C=O) groups excluding carboxylic acids is 3. The molecule has 0 unspecified atom stereocenters. The summed E-state index contributed by atoms with van der Waals surface area (Å²) in [5.74, 6) is -1.97. The summed E-state index contributed by atoms with van der Waals surface area (Å²) in [4.78, 5) is 56.5. The van der Waals surface area contributed by atoms with E-state index in [1.807, 2.05) is 30.3 Å². The minimum Gasteiger partial charge on any atom is -0.493 e. The number of carbonyl (C=O) groups is 3. The highest BCUT2D eigenvalue weighted by Gasteiger charge is 2.33. The van der Waals surface area contributed by atoms with Crippen LogP contribution >= 0.6 is 11.3 Å². The van der Waals surface area contributed by atoms with Crippen LogP contribution in [0.1, 0.15) is 41.9 Å². The van der Waals surface area contributed by atoms with Gasteiger partial charge >= 0.3 is 11.7 Å². The molecule has 11 nitrogen and oxygen atoms in total. The van der Waals surface area contributed by atoms with Crippen LogP contribution in [0, 0.1) is 0 Å². The number of ketones is 1. The Morgan fingerprint density at radius 2 is 1.82 bits per heavy atom. The van der Waals surface area contributed by atoms with E-state index >= 15 is 0 Å². The van der Waals surface area contributed by atoms with E-state index in [0.29, 0.717) is 11.3 Å². The smallest absolute Gasteiger partial charge is 0.343 e. The lowest BCUT2D eigenvalue weighted by Crippen LogP contribution is -2.35. The number of nitrogens with zero attached hydrogens (tertiary/aromatic N) is 2. The molecule has 0 saturated heterocycles. The average molecular weight is 551 g/mol. The fourth-order valence-corrected chi connectivity index (χ4v) is 4.75. The van der Waals surface area contributed by atoms with Crippen molar-refractivity contribution in [3.63, 3.8) is 0 Å². The van der Waals surface area contributed by atoms with Gasteiger partial charge < -0.3 is 24.9 Å². The number of methoxy groups -OCH3 is 1. The van der Waals surface area contributed by atoms with E-state index in [2.05, 4.69) is 20.0 Å². The summed E-state index contributed by atoms with van der Waals surface area (Å²) in [6.45, 7) is 2.88. The first-order valence-corrected chi connectivity index (χ1v) is 12.7. The first kappa shape index (κ1) is 27.3. The van der Waals surface area contributed by atoms with Gasteiger partial charge in [0.1, 0.15) is 23.2 Å². The molecule has 0 spiro atoms. The van der Waals surface area contributed by atoms with Crippen molar-refractivity contribution < 1.29 is 29.0 Å². The van der Waals surface area contributed by atoms with Gasteiger partial charge in [-0.1, -0.05) is 37.3 Å². The van der Waals surface area contributed by atoms with Crippen molar-refractivity contribution in [1.82, 2.24) is 14.5 Å². The van der Waals surface area contributed by atoms with E-state index in [9.17, 15) is 24.3 Å². The van der Waals surface area contributed by atoms with Gasteiger partial charge in [-0.3, -0.25) is 9.59 Å². The number of H-pyrrole nitrogens is 1. The predicted octanol–water partition coefficient (Wildman–Crippen LogP) is 3.74. The second-order valence-corrected chi connectivity index (χ2v) is 9.47. The van der Waals surface area contributed by atoms with Gasteiger partial charge in [0, 0.05) is 23.8 Å². The minimum absolute atomic E-state index is 0.102. The van der Waals surface area contributed by atoms with E-state index in [-0.39, 0.29) is 28.9 Å². The molecule has 2 heterocycles. The minimum atomic E-state index is -1.17. The van der Waals surface area contributed by atoms with Crippen LogP contribution in [-0.2, 0) is 14.3 Å². The highest BCUT2D eigenvalue weighted by molar-refractivity contribution is 7.14. The van der Waals surface area contributed by atoms with Crippen molar-refractivity contribution in [2.75, 3.05) is 19.0 Å². The van der Waals surface area contributed by atoms with Crippen LogP contribution < -0.4 is 15.7 Å². The highest BCUT2D eigenvalue weighted by atomic mass is 32.1. The number of aromatic nitrogens is 3. The summed E-state index contributed by atoms with van der Waals surface area (Å²) in [6, 6.07) is 14.3. The molecule has 12 heteroatoms. The number of hydrogen-bond donors (Lipinski definition) is 3. The summed E-state index contributed by atoms with van der Waals surface area (Å²) in [6.07, 6.45) is 0. The van der Waals surface area contributed by atoms with Crippen LogP contribution in [0.15, 0.2) is 64.8 Å². The number of nitrogens with one attached hydrogen (secondary N) is 2. The summed E-state index contributed by atoms with van der Waals surface area (Å²) < 4.78 is 10.9. The second-order valence-electron chi connectivity index (χ2n) is 8.62. The molecule has 0 aliphatic rings. The zero-order valence-electron chi connectivity index (χ0n) is 21.3. The van der Waals surface area contributed by atoms with Gasteiger partial charge in [-0.15, -0.1) is 11.3 Å². The molecule has 2 aromatic carbocycles. The van der Waals surface area contributed by atoms with Crippen LogP contribution in [0.25, 0.3) is 11.3 Å². The third kappa shape index (κ3) is 6.07. The van der Waals surface area contributed by atoms with Crippen molar-refractivity contribution in [1.29, 1.82) is 0 Å². The van der Waals surface area contributed by atoms with E-state index in [1.165, 1.54) is 19.4 Å². The largest absolute Gasteiger partial charge is 0.493 e. The van der Waals surface area contributed by atoms with Crippen molar-refractivity contribution in [2.24, 2.45) is 0 Å². The van der Waals surface area contributed by atoms with Crippen LogP contribution in [0.5, 0.6) is 11.6 Å². The van der Waals surface area contributed by atoms with Crippen molar-refractivity contribution in [2.45, 2.75) is 25.8 Å². The van der Waals surface area contributed by atoms with Gasteiger partial charge in [0.05, 0.1) is 7.11 Å². The molecule has 0 aliphatic heterocycles. The molecule has 0 radical (unpaired) electrons. The van der Waals surface area contributed by atoms with Crippen LogP contribution in [0.3, 0.4) is 0 Å². The average Bonchev–Trinajstić information content (AvgIpc) is 3.52. The number of aromatic amines is 1. The van der Waals surface area contributed by atoms with E-state index in [4.69, 9.17) is 4.74 Å². The molecule has 3 N–H and O–H groups in total. The maximum Gasteiger partial charge on any atom is 0.343 e. The Morgan fingerprint density at radius 1 is 1.13 bits per heavy atom. The molecular formula is C27H26N4O7S. The number of imidazole rings is 1. The number of aromatic hydroxyl groups is 1. The molecule has 202 valence electrons. The lowest BCUT2D eigenvalue weighted by atomic mass is 9.92. The quantitative estimate of drug-likeness (QED) is 0.199. The SMILES string of the molecule is COC(=O)COc1ccc(-c2[nH]c(=O)n([C@H](C(=O)Nc3nc(C(C)=O)cs3)[C@@H](C)c3ccccc3)c2O)cc1. The van der Waals surface area contributed by atoms with Gasteiger partial charge in [0.2, 0.25) is 11.8 Å². The molecule has 0 fully saturated rings. The zero-order chi connectivity index (χ0) is 28.1. The number of Topliss-reactive ketones (excluding diaryl/α,β-unsaturated/α-hetero) is 1. The fraction of sp³-hybridized carbons (Fsp3) is 0.222. The highest BCUT2D eigenvalue weighted by Crippen LogP contribution is 2.35. The number of esters is 1. The van der Waals surface area contributed by atoms with Crippen molar-refractivity contribution in [3.05, 3.63) is 81.7 Å². The number of ether oxygens (including phenoxy) is 2. The third-order valence-corrected chi connectivity index (χ3v) is 6.83. The number of amides is 1.